The van der Waals surface area contributed by atoms with Crippen LogP contribution in [0.3, 0.4) is 0 Å². The van der Waals surface area contributed by atoms with Crippen molar-refractivity contribution in [1.29, 1.82) is 5.26 Å². The topological polar surface area (TPSA) is 35.8 Å². The van der Waals surface area contributed by atoms with Gasteiger partial charge in [-0.25, -0.2) is 0 Å². The van der Waals surface area contributed by atoms with Crippen molar-refractivity contribution in [2.75, 3.05) is 7.05 Å². The van der Waals surface area contributed by atoms with Crippen LogP contribution in [0.1, 0.15) is 6.42 Å². The maximum atomic E-state index is 8.47. The second kappa shape index (κ2) is 6.69. The molecule has 0 radical (unpaired) electrons. The summed E-state index contributed by atoms with van der Waals surface area (Å²) in [5.41, 5.74) is 1.02. The molecule has 0 unspecified atom stereocenters. The van der Waals surface area contributed by atoms with E-state index in [4.69, 9.17) is 5.26 Å². The molecule has 1 rings (SSSR count). The first-order chi connectivity index (χ1) is 5.38. The van der Waals surface area contributed by atoms with Crippen LogP contribution in [0.4, 0.5) is 0 Å². The van der Waals surface area contributed by atoms with E-state index in [0.29, 0.717) is 6.42 Å². The van der Waals surface area contributed by atoms with Crippen molar-refractivity contribution >= 4 is 47.5 Å². The lowest BCUT2D eigenvalue weighted by Gasteiger charge is -2.04. The van der Waals surface area contributed by atoms with Gasteiger partial charge in [-0.2, -0.15) is 5.26 Å². The molecule has 0 aromatic carbocycles. The summed E-state index contributed by atoms with van der Waals surface area (Å²) >= 11 is 3.33. The molecule has 2 nitrogen and oxygen atoms in total. The van der Waals surface area contributed by atoms with Crippen LogP contribution in [0.15, 0.2) is 20.8 Å². The fraction of sp³-hybridized carbons (Fsp3) is 0.286. The van der Waals surface area contributed by atoms with E-state index in [2.05, 4.69) is 11.4 Å². The van der Waals surface area contributed by atoms with Crippen molar-refractivity contribution in [3.05, 3.63) is 20.8 Å². The van der Waals surface area contributed by atoms with Crippen LogP contribution in [0.25, 0.3) is 0 Å². The van der Waals surface area contributed by atoms with E-state index in [1.807, 2.05) is 17.9 Å². The molecular weight excluding hydrogens is 303 g/mol. The van der Waals surface area contributed by atoms with Crippen LogP contribution in [0.2, 0.25) is 0 Å². The molecule has 1 N–H and O–H groups in total. The minimum absolute atomic E-state index is 0. The molecule has 0 saturated carbocycles. The Kier molecular flexibility index (Phi) is 6.80. The van der Waals surface area contributed by atoms with Gasteiger partial charge >= 0.3 is 0 Å². The Hall–Kier alpha value is 0.200. The molecule has 0 aliphatic carbocycles. The zero-order valence-corrected chi connectivity index (χ0v) is 10.5. The molecule has 5 heteroatoms. The highest BCUT2D eigenvalue weighted by Crippen LogP contribution is 2.39. The maximum Gasteiger partial charge on any atom is 0.0766 e. The highest BCUT2D eigenvalue weighted by atomic mass is 127. The summed E-state index contributed by atoms with van der Waals surface area (Å²) in [4.78, 5) is 0. The summed E-state index contributed by atoms with van der Waals surface area (Å²) in [7, 11) is 1.85. The molecule has 0 fully saturated rings. The molecule has 0 atom stereocenters. The lowest BCUT2D eigenvalue weighted by molar-refractivity contribution is 0.946. The normalized spacial score (nSPS) is 13.5. The molecule has 0 aromatic rings. The third-order valence-electron chi connectivity index (χ3n) is 1.21. The maximum absolute atomic E-state index is 8.47. The number of hydrogen-bond acceptors (Lipinski definition) is 4. The Labute approximate surface area is 97.9 Å². The van der Waals surface area contributed by atoms with Crippen molar-refractivity contribution in [2.45, 2.75) is 6.42 Å². The minimum atomic E-state index is 0. The SMILES string of the molecule is CNC(CC#N)=C1SC=CS1.I. The molecular formula is C7H9IN2S2. The van der Waals surface area contributed by atoms with Crippen molar-refractivity contribution < 1.29 is 0 Å². The number of thioether (sulfide) groups is 2. The highest BCUT2D eigenvalue weighted by molar-refractivity contribution is 14.0. The van der Waals surface area contributed by atoms with Crippen LogP contribution in [0, 0.1) is 11.3 Å². The summed E-state index contributed by atoms with van der Waals surface area (Å²) < 4.78 is 1.19. The number of allylic oxidation sites excluding steroid dienone is 1. The number of nitrogens with zero attached hydrogens (tertiary/aromatic N) is 1. The van der Waals surface area contributed by atoms with E-state index in [0.717, 1.165) is 5.70 Å². The third-order valence-corrected chi connectivity index (χ3v) is 3.42. The van der Waals surface area contributed by atoms with Gasteiger partial charge in [0.25, 0.3) is 0 Å². The van der Waals surface area contributed by atoms with Gasteiger partial charge in [0.2, 0.25) is 0 Å². The Morgan fingerprint density at radius 1 is 1.58 bits per heavy atom. The van der Waals surface area contributed by atoms with Crippen LogP contribution in [0.5, 0.6) is 0 Å². The minimum Gasteiger partial charge on any atom is -0.389 e. The molecule has 1 heterocycles. The monoisotopic (exact) mass is 312 g/mol. The molecule has 0 spiro atoms. The predicted octanol–water partition coefficient (Wildman–Crippen LogP) is 2.86. The van der Waals surface area contributed by atoms with Crippen molar-refractivity contribution in [2.24, 2.45) is 0 Å². The van der Waals surface area contributed by atoms with Gasteiger partial charge in [-0.05, 0) is 10.8 Å². The largest absolute Gasteiger partial charge is 0.389 e. The second-order valence-corrected chi connectivity index (χ2v) is 3.95. The highest BCUT2D eigenvalue weighted by Gasteiger charge is 2.07. The Bertz CT molecular complexity index is 232. The van der Waals surface area contributed by atoms with Gasteiger partial charge in [0.05, 0.1) is 16.7 Å². The Morgan fingerprint density at radius 2 is 2.17 bits per heavy atom. The molecule has 1 aliphatic rings. The van der Waals surface area contributed by atoms with Gasteiger partial charge in [0, 0.05) is 12.7 Å². The first-order valence-corrected chi connectivity index (χ1v) is 4.90. The van der Waals surface area contributed by atoms with E-state index in [-0.39, 0.29) is 24.0 Å². The van der Waals surface area contributed by atoms with Gasteiger partial charge in [-0.1, -0.05) is 23.5 Å². The van der Waals surface area contributed by atoms with Gasteiger partial charge in [-0.3, -0.25) is 0 Å². The number of hydrogen-bond donors (Lipinski definition) is 1. The van der Waals surface area contributed by atoms with Crippen molar-refractivity contribution in [3.8, 4) is 6.07 Å². The summed E-state index contributed by atoms with van der Waals surface area (Å²) in [6.45, 7) is 0. The number of halogens is 1. The molecule has 0 saturated heterocycles. The fourth-order valence-corrected chi connectivity index (χ4v) is 2.57. The standard InChI is InChI=1S/C7H8N2S2.HI/c1-9-6(2-3-8)7-10-4-5-11-7;/h4-5,9H,2H2,1H3;1H. The zero-order valence-electron chi connectivity index (χ0n) is 6.53. The summed E-state index contributed by atoms with van der Waals surface area (Å²) in [6.07, 6.45) is 0.466. The van der Waals surface area contributed by atoms with Gasteiger partial charge in [-0.15, -0.1) is 24.0 Å². The smallest absolute Gasteiger partial charge is 0.0766 e. The van der Waals surface area contributed by atoms with Gasteiger partial charge < -0.3 is 5.32 Å². The van der Waals surface area contributed by atoms with Gasteiger partial charge in [0.1, 0.15) is 0 Å². The summed E-state index contributed by atoms with van der Waals surface area (Å²) in [6, 6.07) is 2.12. The molecule has 0 bridgehead atoms. The van der Waals surface area contributed by atoms with E-state index in [9.17, 15) is 0 Å². The predicted molar refractivity (Wildman–Crippen MR) is 66.1 cm³/mol. The van der Waals surface area contributed by atoms with Gasteiger partial charge in [0.15, 0.2) is 0 Å². The summed E-state index contributed by atoms with van der Waals surface area (Å²) in [5, 5.41) is 15.5. The van der Waals surface area contributed by atoms with Crippen LogP contribution in [-0.4, -0.2) is 7.05 Å². The van der Waals surface area contributed by atoms with Crippen LogP contribution < -0.4 is 5.32 Å². The Morgan fingerprint density at radius 3 is 2.58 bits per heavy atom. The number of nitrogens with one attached hydrogen (secondary N) is 1. The van der Waals surface area contributed by atoms with E-state index in [1.54, 1.807) is 23.5 Å². The molecule has 0 aromatic heterocycles. The first-order valence-electron chi connectivity index (χ1n) is 3.14. The number of rotatable bonds is 2. The zero-order chi connectivity index (χ0) is 8.10. The lowest BCUT2D eigenvalue weighted by atomic mass is 10.4. The van der Waals surface area contributed by atoms with E-state index < -0.39 is 0 Å². The average molecular weight is 312 g/mol. The quantitative estimate of drug-likeness (QED) is 0.796. The van der Waals surface area contributed by atoms with Crippen LogP contribution in [-0.2, 0) is 0 Å². The second-order valence-electron chi connectivity index (χ2n) is 1.86. The lowest BCUT2D eigenvalue weighted by Crippen LogP contribution is -2.05. The summed E-state index contributed by atoms with van der Waals surface area (Å²) in [5.74, 6) is 0. The number of nitriles is 1. The molecule has 0 amide bonds. The van der Waals surface area contributed by atoms with Crippen molar-refractivity contribution in [1.82, 2.24) is 5.32 Å². The van der Waals surface area contributed by atoms with E-state index >= 15 is 0 Å². The average Bonchev–Trinajstić information content (AvgIpc) is 2.52. The first kappa shape index (κ1) is 12.2. The van der Waals surface area contributed by atoms with Crippen molar-refractivity contribution in [3.63, 3.8) is 0 Å². The third kappa shape index (κ3) is 3.29. The van der Waals surface area contributed by atoms with E-state index in [1.165, 1.54) is 4.24 Å². The molecule has 1 aliphatic heterocycles. The van der Waals surface area contributed by atoms with Crippen LogP contribution >= 0.6 is 47.5 Å². The Balaban J connectivity index is 0.00000121. The fourth-order valence-electron chi connectivity index (χ4n) is 0.691. The molecule has 66 valence electrons. The molecule has 12 heavy (non-hydrogen) atoms.